The number of carboxylic acid groups (broad SMARTS) is 1. The fourth-order valence-electron chi connectivity index (χ4n) is 2.32. The highest BCUT2D eigenvalue weighted by Crippen LogP contribution is 2.20. The Labute approximate surface area is 148 Å². The van der Waals surface area contributed by atoms with Gasteiger partial charge in [-0.05, 0) is 37.5 Å². The van der Waals surface area contributed by atoms with E-state index in [9.17, 15) is 19.1 Å². The van der Waals surface area contributed by atoms with Gasteiger partial charge in [0.25, 0.3) is 5.91 Å². The molecule has 2 aromatic rings. The Hall–Kier alpha value is -2.48. The number of benzene rings is 1. The number of hydrogen-bond donors (Lipinski definition) is 2. The second-order valence-corrected chi connectivity index (χ2v) is 6.43. The molecular weight excluding hydrogens is 351 g/mol. The van der Waals surface area contributed by atoms with Crippen molar-refractivity contribution in [1.29, 1.82) is 0 Å². The van der Waals surface area contributed by atoms with Gasteiger partial charge in [-0.25, -0.2) is 13.9 Å². The zero-order valence-electron chi connectivity index (χ0n) is 14.0. The predicted octanol–water partition coefficient (Wildman–Crippen LogP) is 2.60. The third kappa shape index (κ3) is 4.33. The van der Waals surface area contributed by atoms with Crippen molar-refractivity contribution >= 4 is 23.5 Å². The summed E-state index contributed by atoms with van der Waals surface area (Å²) in [5.41, 5.74) is 0.816. The Balaban J connectivity index is 2.26. The molecule has 0 aliphatic heterocycles. The van der Waals surface area contributed by atoms with Crippen molar-refractivity contribution in [2.24, 2.45) is 5.92 Å². The van der Waals surface area contributed by atoms with Crippen LogP contribution in [0, 0.1) is 18.7 Å². The number of carbonyl (C=O) groups excluding carboxylic acids is 1. The van der Waals surface area contributed by atoms with Crippen LogP contribution in [0.3, 0.4) is 0 Å². The van der Waals surface area contributed by atoms with Gasteiger partial charge in [0.05, 0.1) is 16.4 Å². The predicted molar refractivity (Wildman–Crippen MR) is 89.4 cm³/mol. The molecule has 1 atom stereocenters. The van der Waals surface area contributed by atoms with Gasteiger partial charge in [-0.2, -0.15) is 0 Å². The normalized spacial score (nSPS) is 12.2. The number of amides is 1. The first-order valence-electron chi connectivity index (χ1n) is 7.62. The number of nitrogens with one attached hydrogen (secondary N) is 1. The molecule has 0 saturated heterocycles. The number of carboxylic acids is 1. The lowest BCUT2D eigenvalue weighted by Gasteiger charge is -2.15. The van der Waals surface area contributed by atoms with Crippen LogP contribution in [0.4, 0.5) is 4.39 Å². The lowest BCUT2D eigenvalue weighted by molar-refractivity contribution is -0.139. The summed E-state index contributed by atoms with van der Waals surface area (Å²) in [6, 6.07) is 2.97. The van der Waals surface area contributed by atoms with E-state index in [2.05, 4.69) is 15.6 Å². The molecule has 1 aromatic carbocycles. The van der Waals surface area contributed by atoms with Gasteiger partial charge in [0.15, 0.2) is 5.69 Å². The first-order valence-corrected chi connectivity index (χ1v) is 8.00. The van der Waals surface area contributed by atoms with Crippen LogP contribution in [0.2, 0.25) is 5.02 Å². The third-order valence-electron chi connectivity index (χ3n) is 3.57. The van der Waals surface area contributed by atoms with Crippen LogP contribution in [-0.4, -0.2) is 38.0 Å². The van der Waals surface area contributed by atoms with Crippen LogP contribution >= 0.6 is 11.6 Å². The maximum atomic E-state index is 13.3. The number of aromatic nitrogens is 3. The quantitative estimate of drug-likeness (QED) is 0.816. The second-order valence-electron chi connectivity index (χ2n) is 6.03. The fraction of sp³-hybridized carbons (Fsp3) is 0.375. The van der Waals surface area contributed by atoms with Crippen molar-refractivity contribution in [3.05, 3.63) is 40.4 Å². The maximum absolute atomic E-state index is 13.3. The van der Waals surface area contributed by atoms with Crippen LogP contribution < -0.4 is 5.32 Å². The molecular formula is C16H18ClFN4O3. The number of hydrogen-bond acceptors (Lipinski definition) is 4. The van der Waals surface area contributed by atoms with E-state index in [-0.39, 0.29) is 16.6 Å². The number of carbonyl (C=O) groups is 2. The highest BCUT2D eigenvalue weighted by Gasteiger charge is 2.25. The summed E-state index contributed by atoms with van der Waals surface area (Å²) < 4.78 is 14.6. The van der Waals surface area contributed by atoms with E-state index in [1.807, 2.05) is 13.8 Å². The molecule has 1 heterocycles. The molecule has 2 rings (SSSR count). The van der Waals surface area contributed by atoms with Crippen molar-refractivity contribution in [1.82, 2.24) is 20.3 Å². The Morgan fingerprint density at radius 3 is 2.64 bits per heavy atom. The van der Waals surface area contributed by atoms with E-state index in [1.54, 1.807) is 6.92 Å². The van der Waals surface area contributed by atoms with Gasteiger partial charge in [0, 0.05) is 0 Å². The SMILES string of the molecule is Cc1c(C(=O)NC(CC(C)C)C(=O)O)nnn1-c1ccc(F)c(Cl)c1. The molecule has 1 aromatic heterocycles. The van der Waals surface area contributed by atoms with Crippen molar-refractivity contribution in [2.75, 3.05) is 0 Å². The minimum absolute atomic E-state index is 0.00421. The lowest BCUT2D eigenvalue weighted by Crippen LogP contribution is -2.42. The minimum atomic E-state index is -1.11. The Bertz CT molecular complexity index is 807. The van der Waals surface area contributed by atoms with E-state index in [0.717, 1.165) is 0 Å². The highest BCUT2D eigenvalue weighted by molar-refractivity contribution is 6.30. The van der Waals surface area contributed by atoms with Crippen molar-refractivity contribution in [2.45, 2.75) is 33.2 Å². The van der Waals surface area contributed by atoms with E-state index >= 15 is 0 Å². The first-order chi connectivity index (χ1) is 11.7. The molecule has 0 bridgehead atoms. The van der Waals surface area contributed by atoms with Crippen LogP contribution in [0.25, 0.3) is 5.69 Å². The smallest absolute Gasteiger partial charge is 0.326 e. The highest BCUT2D eigenvalue weighted by atomic mass is 35.5. The number of nitrogens with zero attached hydrogens (tertiary/aromatic N) is 3. The van der Waals surface area contributed by atoms with Crippen molar-refractivity contribution in [3.63, 3.8) is 0 Å². The van der Waals surface area contributed by atoms with Gasteiger partial charge < -0.3 is 10.4 Å². The lowest BCUT2D eigenvalue weighted by atomic mass is 10.0. The second kappa shape index (κ2) is 7.60. The molecule has 0 saturated carbocycles. The molecule has 0 fully saturated rings. The van der Waals surface area contributed by atoms with Crippen LogP contribution in [0.1, 0.15) is 36.5 Å². The molecule has 0 aliphatic rings. The molecule has 1 unspecified atom stereocenters. The van der Waals surface area contributed by atoms with Crippen LogP contribution in [0.5, 0.6) is 0 Å². The molecule has 7 nitrogen and oxygen atoms in total. The zero-order chi connectivity index (χ0) is 18.7. The summed E-state index contributed by atoms with van der Waals surface area (Å²) in [4.78, 5) is 23.6. The van der Waals surface area contributed by atoms with Gasteiger partial charge in [0.2, 0.25) is 0 Å². The topological polar surface area (TPSA) is 97.1 Å². The monoisotopic (exact) mass is 368 g/mol. The van der Waals surface area contributed by atoms with Crippen LogP contribution in [-0.2, 0) is 4.79 Å². The minimum Gasteiger partial charge on any atom is -0.480 e. The molecule has 134 valence electrons. The Morgan fingerprint density at radius 1 is 1.40 bits per heavy atom. The number of aliphatic carboxylic acids is 1. The average Bonchev–Trinajstić information content (AvgIpc) is 2.90. The summed E-state index contributed by atoms with van der Waals surface area (Å²) in [6.45, 7) is 5.33. The summed E-state index contributed by atoms with van der Waals surface area (Å²) in [5, 5.41) is 19.3. The van der Waals surface area contributed by atoms with E-state index in [1.165, 1.54) is 22.9 Å². The standard InChI is InChI=1S/C16H18ClFN4O3/c1-8(2)6-13(16(24)25)19-15(23)14-9(3)22(21-20-14)10-4-5-12(18)11(17)7-10/h4-5,7-8,13H,6H2,1-3H3,(H,19,23)(H,24,25). The third-order valence-corrected chi connectivity index (χ3v) is 3.86. The summed E-state index contributed by atoms with van der Waals surface area (Å²) >= 11 is 5.76. The van der Waals surface area contributed by atoms with Crippen molar-refractivity contribution in [3.8, 4) is 5.69 Å². The molecule has 0 spiro atoms. The molecule has 1 amide bonds. The van der Waals surface area contributed by atoms with Gasteiger partial charge in [-0.3, -0.25) is 4.79 Å². The largest absolute Gasteiger partial charge is 0.480 e. The maximum Gasteiger partial charge on any atom is 0.326 e. The van der Waals surface area contributed by atoms with E-state index in [4.69, 9.17) is 11.6 Å². The number of rotatable bonds is 6. The van der Waals surface area contributed by atoms with Gasteiger partial charge in [0.1, 0.15) is 11.9 Å². The van der Waals surface area contributed by atoms with Crippen LogP contribution in [0.15, 0.2) is 18.2 Å². The van der Waals surface area contributed by atoms with Crippen molar-refractivity contribution < 1.29 is 19.1 Å². The average molecular weight is 369 g/mol. The van der Waals surface area contributed by atoms with E-state index in [0.29, 0.717) is 17.8 Å². The van der Waals surface area contributed by atoms with Gasteiger partial charge >= 0.3 is 5.97 Å². The Kier molecular flexibility index (Phi) is 5.73. The van der Waals surface area contributed by atoms with Gasteiger partial charge in [-0.1, -0.05) is 30.7 Å². The molecule has 2 N–H and O–H groups in total. The first kappa shape index (κ1) is 18.9. The summed E-state index contributed by atoms with van der Waals surface area (Å²) in [5.74, 6) is -2.22. The molecule has 25 heavy (non-hydrogen) atoms. The fourth-order valence-corrected chi connectivity index (χ4v) is 2.50. The zero-order valence-corrected chi connectivity index (χ0v) is 14.7. The number of halogens is 2. The van der Waals surface area contributed by atoms with Gasteiger partial charge in [-0.15, -0.1) is 5.10 Å². The summed E-state index contributed by atoms with van der Waals surface area (Å²) in [7, 11) is 0. The molecule has 9 heteroatoms. The summed E-state index contributed by atoms with van der Waals surface area (Å²) in [6.07, 6.45) is 0.293. The van der Waals surface area contributed by atoms with E-state index < -0.39 is 23.7 Å². The molecule has 0 aliphatic carbocycles. The Morgan fingerprint density at radius 2 is 2.08 bits per heavy atom. The molecule has 0 radical (unpaired) electrons.